The van der Waals surface area contributed by atoms with Gasteiger partial charge in [0, 0.05) is 17.3 Å². The molecule has 0 heterocycles. The van der Waals surface area contributed by atoms with Gasteiger partial charge in [0.25, 0.3) is 5.91 Å². The fourth-order valence-corrected chi connectivity index (χ4v) is 6.55. The number of phenols is 2. The van der Waals surface area contributed by atoms with E-state index in [-0.39, 0.29) is 28.4 Å². The van der Waals surface area contributed by atoms with Crippen molar-refractivity contribution in [1.29, 1.82) is 0 Å². The largest absolute Gasteiger partial charge is 0.507 e. The molecule has 0 spiro atoms. The Kier molecular flexibility index (Phi) is 4.60. The molecule has 3 N–H and O–H groups in total. The third-order valence-corrected chi connectivity index (χ3v) is 7.37. The number of phenolic OH excluding ortho intramolecular Hbond substituents is 2. The zero-order valence-electron chi connectivity index (χ0n) is 16.9. The number of esters is 1. The Morgan fingerprint density at radius 1 is 1.00 bits per heavy atom. The van der Waals surface area contributed by atoms with E-state index in [4.69, 9.17) is 4.74 Å². The van der Waals surface area contributed by atoms with E-state index in [1.165, 1.54) is 44.6 Å². The Bertz CT molecular complexity index is 979. The molecule has 0 atom stereocenters. The lowest BCUT2D eigenvalue weighted by Gasteiger charge is -2.56. The number of nitrogens with one attached hydrogen (secondary N) is 1. The first kappa shape index (κ1) is 19.2. The minimum atomic E-state index is -0.835. The fraction of sp³-hybridized carbons (Fsp3) is 0.500. The molecule has 4 aliphatic rings. The van der Waals surface area contributed by atoms with Crippen LogP contribution in [-0.4, -0.2) is 35.2 Å². The average Bonchev–Trinajstić information content (AvgIpc) is 2.72. The zero-order chi connectivity index (χ0) is 20.9. The third-order valence-electron chi connectivity index (χ3n) is 7.37. The van der Waals surface area contributed by atoms with Crippen molar-refractivity contribution in [3.8, 4) is 11.5 Å². The maximum absolute atomic E-state index is 12.4. The maximum Gasteiger partial charge on any atom is 0.342 e. The smallest absolute Gasteiger partial charge is 0.342 e. The van der Waals surface area contributed by atoms with Gasteiger partial charge >= 0.3 is 5.97 Å². The summed E-state index contributed by atoms with van der Waals surface area (Å²) in [6.45, 7) is 0.243. The molecule has 2 aromatic rings. The molecule has 0 unspecified atom stereocenters. The Balaban J connectivity index is 1.20. The topological polar surface area (TPSA) is 95.9 Å². The summed E-state index contributed by atoms with van der Waals surface area (Å²) < 4.78 is 5.12. The Morgan fingerprint density at radius 2 is 1.60 bits per heavy atom. The molecule has 4 bridgehead atoms. The number of carbonyl (C=O) groups excluding carboxylic acids is 2. The lowest BCUT2D eigenvalue weighted by atomic mass is 9.49. The number of benzene rings is 2. The Hall–Kier alpha value is -2.76. The summed E-state index contributed by atoms with van der Waals surface area (Å²) >= 11 is 0. The van der Waals surface area contributed by atoms with Crippen molar-refractivity contribution in [2.45, 2.75) is 38.5 Å². The molecule has 158 valence electrons. The average molecular weight is 409 g/mol. The van der Waals surface area contributed by atoms with E-state index in [0.29, 0.717) is 17.3 Å². The molecule has 6 rings (SSSR count). The molecule has 6 nitrogen and oxygen atoms in total. The van der Waals surface area contributed by atoms with Crippen molar-refractivity contribution >= 4 is 22.6 Å². The van der Waals surface area contributed by atoms with Gasteiger partial charge in [-0.1, -0.05) is 24.3 Å². The number of carbonyl (C=O) groups is 2. The number of ether oxygens (including phenoxy) is 1. The molecular formula is C24H27NO5. The van der Waals surface area contributed by atoms with Gasteiger partial charge in [0.05, 0.1) is 0 Å². The number of rotatable bonds is 5. The van der Waals surface area contributed by atoms with Crippen LogP contribution in [0.5, 0.6) is 11.5 Å². The number of amides is 1. The molecule has 0 saturated heterocycles. The summed E-state index contributed by atoms with van der Waals surface area (Å²) in [7, 11) is 0. The first-order valence-corrected chi connectivity index (χ1v) is 10.8. The van der Waals surface area contributed by atoms with Crippen molar-refractivity contribution < 1.29 is 24.5 Å². The standard InChI is InChI=1S/C24H27NO5/c26-20-8-19(22(28)18-4-2-1-3-17(18)20)23(29)30-12-21(27)25-13-24-9-14-5-15(10-24)7-16(6-14)11-24/h1-4,8,14-16,26,28H,5-7,9-13H2,(H,25,27). The van der Waals surface area contributed by atoms with Crippen LogP contribution in [0.15, 0.2) is 30.3 Å². The van der Waals surface area contributed by atoms with Crippen LogP contribution in [0.2, 0.25) is 0 Å². The maximum atomic E-state index is 12.4. The van der Waals surface area contributed by atoms with Gasteiger partial charge in [-0.15, -0.1) is 0 Å². The Morgan fingerprint density at radius 3 is 2.23 bits per heavy atom. The summed E-state index contributed by atoms with van der Waals surface area (Å²) in [4.78, 5) is 24.8. The molecule has 6 heteroatoms. The van der Waals surface area contributed by atoms with Gasteiger partial charge in [0.1, 0.15) is 17.1 Å². The van der Waals surface area contributed by atoms with Gasteiger partial charge in [0.15, 0.2) is 6.61 Å². The first-order valence-electron chi connectivity index (χ1n) is 10.8. The highest BCUT2D eigenvalue weighted by atomic mass is 16.5. The van der Waals surface area contributed by atoms with Crippen LogP contribution in [0.4, 0.5) is 0 Å². The molecule has 4 saturated carbocycles. The van der Waals surface area contributed by atoms with Crippen molar-refractivity contribution in [2.24, 2.45) is 23.2 Å². The molecule has 2 aromatic carbocycles. The van der Waals surface area contributed by atoms with Gasteiger partial charge in [0.2, 0.25) is 0 Å². The predicted octanol–water partition coefficient (Wildman–Crippen LogP) is 3.74. The van der Waals surface area contributed by atoms with E-state index >= 15 is 0 Å². The van der Waals surface area contributed by atoms with Crippen LogP contribution in [-0.2, 0) is 9.53 Å². The van der Waals surface area contributed by atoms with Gasteiger partial charge < -0.3 is 20.3 Å². The lowest BCUT2D eigenvalue weighted by Crippen LogP contribution is -2.51. The van der Waals surface area contributed by atoms with E-state index in [1.54, 1.807) is 24.3 Å². The van der Waals surface area contributed by atoms with Crippen LogP contribution >= 0.6 is 0 Å². The second-order valence-corrected chi connectivity index (χ2v) is 9.61. The lowest BCUT2D eigenvalue weighted by molar-refractivity contribution is -0.126. The van der Waals surface area contributed by atoms with Crippen LogP contribution in [0.1, 0.15) is 48.9 Å². The first-order chi connectivity index (χ1) is 14.4. The van der Waals surface area contributed by atoms with Gasteiger partial charge in [-0.25, -0.2) is 4.79 Å². The minimum absolute atomic E-state index is 0.124. The molecule has 0 radical (unpaired) electrons. The Labute approximate surface area is 175 Å². The van der Waals surface area contributed by atoms with Gasteiger partial charge in [-0.3, -0.25) is 4.79 Å². The summed E-state index contributed by atoms with van der Waals surface area (Å²) in [6.07, 6.45) is 7.66. The summed E-state index contributed by atoms with van der Waals surface area (Å²) in [5.74, 6) is 0.893. The van der Waals surface area contributed by atoms with Gasteiger partial charge in [-0.05, 0) is 67.8 Å². The third kappa shape index (κ3) is 3.38. The van der Waals surface area contributed by atoms with Crippen LogP contribution in [0.25, 0.3) is 10.8 Å². The van der Waals surface area contributed by atoms with Crippen molar-refractivity contribution in [2.75, 3.05) is 13.2 Å². The normalized spacial score (nSPS) is 29.1. The number of hydrogen-bond acceptors (Lipinski definition) is 5. The number of hydrogen-bond donors (Lipinski definition) is 3. The fourth-order valence-electron chi connectivity index (χ4n) is 6.55. The summed E-state index contributed by atoms with van der Waals surface area (Å²) in [6, 6.07) is 7.87. The monoisotopic (exact) mass is 409 g/mol. The van der Waals surface area contributed by atoms with Crippen LogP contribution in [0.3, 0.4) is 0 Å². The predicted molar refractivity (Wildman–Crippen MR) is 111 cm³/mol. The van der Waals surface area contributed by atoms with E-state index in [2.05, 4.69) is 5.32 Å². The van der Waals surface area contributed by atoms with Crippen molar-refractivity contribution in [3.63, 3.8) is 0 Å². The van der Waals surface area contributed by atoms with E-state index in [1.807, 2.05) is 0 Å². The van der Waals surface area contributed by atoms with Crippen LogP contribution in [0, 0.1) is 23.2 Å². The van der Waals surface area contributed by atoms with E-state index < -0.39 is 12.6 Å². The highest BCUT2D eigenvalue weighted by Crippen LogP contribution is 2.59. The highest BCUT2D eigenvalue weighted by molar-refractivity contribution is 6.04. The van der Waals surface area contributed by atoms with Gasteiger partial charge in [-0.2, -0.15) is 0 Å². The molecule has 4 aliphatic carbocycles. The second-order valence-electron chi connectivity index (χ2n) is 9.61. The SMILES string of the molecule is O=C(COC(=O)c1cc(O)c2ccccc2c1O)NCC12CC3CC(CC(C3)C1)C2. The summed E-state index contributed by atoms with van der Waals surface area (Å²) in [5, 5.41) is 24.3. The molecule has 0 aromatic heterocycles. The second kappa shape index (κ2) is 7.18. The molecule has 4 fully saturated rings. The zero-order valence-corrected chi connectivity index (χ0v) is 16.9. The molecule has 30 heavy (non-hydrogen) atoms. The number of fused-ring (bicyclic) bond motifs is 1. The van der Waals surface area contributed by atoms with Crippen LogP contribution < -0.4 is 5.32 Å². The number of aromatic hydroxyl groups is 2. The summed E-state index contributed by atoms with van der Waals surface area (Å²) in [5.41, 5.74) is 0.0664. The molecule has 1 amide bonds. The minimum Gasteiger partial charge on any atom is -0.507 e. The van der Waals surface area contributed by atoms with E-state index in [0.717, 1.165) is 17.8 Å². The van der Waals surface area contributed by atoms with E-state index in [9.17, 15) is 19.8 Å². The highest BCUT2D eigenvalue weighted by Gasteiger charge is 2.50. The van der Waals surface area contributed by atoms with Crippen molar-refractivity contribution in [3.05, 3.63) is 35.9 Å². The molecular weight excluding hydrogens is 382 g/mol. The van der Waals surface area contributed by atoms with Crippen molar-refractivity contribution in [1.82, 2.24) is 5.32 Å². The quantitative estimate of drug-likeness (QED) is 0.516. The molecule has 0 aliphatic heterocycles.